The van der Waals surface area contributed by atoms with Crippen LogP contribution in [0, 0.1) is 0 Å². The molecule has 6 heteroatoms. The van der Waals surface area contributed by atoms with Crippen molar-refractivity contribution in [2.24, 2.45) is 0 Å². The molecule has 0 aromatic heterocycles. The molecule has 0 aromatic carbocycles. The van der Waals surface area contributed by atoms with Gasteiger partial charge in [-0.25, -0.2) is 0 Å². The third-order valence-electron chi connectivity index (χ3n) is 0.505. The minimum absolute atomic E-state index is 0. The number of hydrogen-bond donors (Lipinski definition) is 3. The number of aliphatic hydroxyl groups excluding tert-OH is 2. The monoisotopic (exact) mass is 177 g/mol. The Labute approximate surface area is 102 Å². The Morgan fingerprint density at radius 3 is 1.70 bits per heavy atom. The molecule has 0 aromatic rings. The summed E-state index contributed by atoms with van der Waals surface area (Å²) in [7, 11) is 0. The number of aliphatic hydroxyl groups is 2. The molecule has 0 saturated carbocycles. The van der Waals surface area contributed by atoms with Gasteiger partial charge in [0.25, 0.3) is 0 Å². The number of hydrogen-bond acceptors (Lipinski definition) is 5. The van der Waals surface area contributed by atoms with E-state index in [1.165, 1.54) is 0 Å². The molecular formula is C4H12KNO4. The predicted molar refractivity (Wildman–Crippen MR) is 36.4 cm³/mol. The molecular weight excluding hydrogens is 165 g/mol. The third kappa shape index (κ3) is 12.1. The Balaban J connectivity index is 0. The van der Waals surface area contributed by atoms with Crippen molar-refractivity contribution >= 4 is 51.4 Å². The Hall–Kier alpha value is 1.44. The van der Waals surface area contributed by atoms with Gasteiger partial charge < -0.3 is 10.2 Å². The van der Waals surface area contributed by atoms with Gasteiger partial charge in [-0.15, -0.1) is 0 Å². The summed E-state index contributed by atoms with van der Waals surface area (Å²) >= 11 is 0. The Morgan fingerprint density at radius 2 is 1.40 bits per heavy atom. The average molecular weight is 177 g/mol. The molecule has 0 rings (SSSR count). The fourth-order valence-electron chi connectivity index (χ4n) is 0.216. The molecule has 0 spiro atoms. The number of nitrogens with one attached hydrogen (secondary N) is 1. The molecule has 58 valence electrons. The van der Waals surface area contributed by atoms with Crippen molar-refractivity contribution in [1.29, 1.82) is 0 Å². The molecule has 0 heterocycles. The molecule has 0 radical (unpaired) electrons. The summed E-state index contributed by atoms with van der Waals surface area (Å²) in [6.45, 7) is 0.224. The summed E-state index contributed by atoms with van der Waals surface area (Å²) in [5.74, 6) is 0. The van der Waals surface area contributed by atoms with Crippen LogP contribution in [0.4, 0.5) is 0 Å². The standard InChI is InChI=1S/C4H11NO4.K.H/c6-1-3-8-5-9-4-2-7;;/h5-7H,1-4H2;;. The van der Waals surface area contributed by atoms with Crippen LogP contribution < -0.4 is 5.64 Å². The van der Waals surface area contributed by atoms with E-state index in [0.29, 0.717) is 0 Å². The van der Waals surface area contributed by atoms with E-state index < -0.39 is 0 Å². The van der Waals surface area contributed by atoms with Gasteiger partial charge in [-0.1, -0.05) is 5.64 Å². The van der Waals surface area contributed by atoms with Gasteiger partial charge in [0.15, 0.2) is 0 Å². The molecule has 0 bridgehead atoms. The normalized spacial score (nSPS) is 9.00. The number of rotatable bonds is 6. The molecule has 0 atom stereocenters. The van der Waals surface area contributed by atoms with E-state index in [0.717, 1.165) is 0 Å². The van der Waals surface area contributed by atoms with E-state index in [1.54, 1.807) is 0 Å². The first-order chi connectivity index (χ1) is 4.41. The van der Waals surface area contributed by atoms with Gasteiger partial charge in [-0.05, 0) is 0 Å². The van der Waals surface area contributed by atoms with Crippen LogP contribution in [0.25, 0.3) is 0 Å². The third-order valence-corrected chi connectivity index (χ3v) is 0.505. The van der Waals surface area contributed by atoms with E-state index in [2.05, 4.69) is 15.3 Å². The van der Waals surface area contributed by atoms with Crippen molar-refractivity contribution in [2.75, 3.05) is 26.4 Å². The summed E-state index contributed by atoms with van der Waals surface area (Å²) < 4.78 is 0. The van der Waals surface area contributed by atoms with Crippen molar-refractivity contribution in [1.82, 2.24) is 5.64 Å². The van der Waals surface area contributed by atoms with Crippen LogP contribution in [0.1, 0.15) is 0 Å². The van der Waals surface area contributed by atoms with E-state index in [-0.39, 0.29) is 77.8 Å². The van der Waals surface area contributed by atoms with Gasteiger partial charge in [-0.2, -0.15) is 0 Å². The molecule has 3 N–H and O–H groups in total. The minimum atomic E-state index is -0.0600. The predicted octanol–water partition coefficient (Wildman–Crippen LogP) is -2.22. The van der Waals surface area contributed by atoms with Crippen LogP contribution in [0.3, 0.4) is 0 Å². The SMILES string of the molecule is OCCONOCCO.[KH]. The first kappa shape index (κ1) is 14.0. The summed E-state index contributed by atoms with van der Waals surface area (Å²) in [5.41, 5.74) is 2.07. The second-order valence-corrected chi connectivity index (χ2v) is 1.23. The van der Waals surface area contributed by atoms with Gasteiger partial charge in [0.1, 0.15) is 0 Å². The molecule has 10 heavy (non-hydrogen) atoms. The Morgan fingerprint density at radius 1 is 1.00 bits per heavy atom. The second kappa shape index (κ2) is 13.1. The van der Waals surface area contributed by atoms with Gasteiger partial charge in [-0.3, -0.25) is 9.68 Å². The maximum atomic E-state index is 8.15. The zero-order valence-electron chi connectivity index (χ0n) is 5.04. The van der Waals surface area contributed by atoms with Crippen molar-refractivity contribution in [3.63, 3.8) is 0 Å². The van der Waals surface area contributed by atoms with E-state index in [4.69, 9.17) is 10.2 Å². The van der Waals surface area contributed by atoms with Crippen LogP contribution in [0.5, 0.6) is 0 Å². The van der Waals surface area contributed by atoms with Crippen molar-refractivity contribution in [3.05, 3.63) is 0 Å². The fourth-order valence-corrected chi connectivity index (χ4v) is 0.216. The van der Waals surface area contributed by atoms with Crippen LogP contribution in [0.2, 0.25) is 0 Å². The molecule has 0 fully saturated rings. The van der Waals surface area contributed by atoms with Crippen molar-refractivity contribution in [3.8, 4) is 0 Å². The molecule has 0 aliphatic rings. The molecule has 0 saturated heterocycles. The topological polar surface area (TPSA) is 71.0 Å². The van der Waals surface area contributed by atoms with E-state index in [1.807, 2.05) is 0 Å². The van der Waals surface area contributed by atoms with Crippen LogP contribution >= 0.6 is 0 Å². The van der Waals surface area contributed by atoms with Gasteiger partial charge in [0, 0.05) is 0 Å². The van der Waals surface area contributed by atoms with E-state index in [9.17, 15) is 0 Å². The summed E-state index contributed by atoms with van der Waals surface area (Å²) in [6, 6.07) is 0. The second-order valence-electron chi connectivity index (χ2n) is 1.23. The molecule has 0 aliphatic carbocycles. The summed E-state index contributed by atoms with van der Waals surface area (Å²) in [6.07, 6.45) is 0. The van der Waals surface area contributed by atoms with Crippen molar-refractivity contribution < 1.29 is 19.9 Å². The first-order valence-corrected chi connectivity index (χ1v) is 2.62. The zero-order valence-corrected chi connectivity index (χ0v) is 5.04. The Kier molecular flexibility index (Phi) is 18.3. The molecule has 0 aliphatic heterocycles. The average Bonchev–Trinajstić information content (AvgIpc) is 1.89. The molecule has 5 nitrogen and oxygen atoms in total. The molecule has 0 amide bonds. The maximum absolute atomic E-state index is 8.15. The molecule has 0 unspecified atom stereocenters. The summed E-state index contributed by atoms with van der Waals surface area (Å²) in [5, 5.41) is 16.3. The zero-order chi connectivity index (χ0) is 6.95. The quantitative estimate of drug-likeness (QED) is 0.243. The van der Waals surface area contributed by atoms with Gasteiger partial charge in [0.2, 0.25) is 0 Å². The fraction of sp³-hybridized carbons (Fsp3) is 1.00. The van der Waals surface area contributed by atoms with E-state index >= 15 is 0 Å². The summed E-state index contributed by atoms with van der Waals surface area (Å²) in [4.78, 5) is 8.90. The van der Waals surface area contributed by atoms with Crippen LogP contribution in [0.15, 0.2) is 0 Å². The van der Waals surface area contributed by atoms with Gasteiger partial charge >= 0.3 is 51.4 Å². The van der Waals surface area contributed by atoms with Gasteiger partial charge in [0.05, 0.1) is 26.4 Å². The van der Waals surface area contributed by atoms with Crippen molar-refractivity contribution in [2.45, 2.75) is 0 Å². The first-order valence-electron chi connectivity index (χ1n) is 2.62. The van der Waals surface area contributed by atoms with Crippen LogP contribution in [-0.4, -0.2) is 88.0 Å². The van der Waals surface area contributed by atoms with Crippen LogP contribution in [-0.2, 0) is 9.68 Å². The Bertz CT molecular complexity index is 50.5.